The molecule has 7 heteroatoms. The molecule has 29 heavy (non-hydrogen) atoms. The summed E-state index contributed by atoms with van der Waals surface area (Å²) < 4.78 is 27.8. The molecule has 0 saturated carbocycles. The summed E-state index contributed by atoms with van der Waals surface area (Å²) in [7, 11) is -2.57. The number of carbonyl (C=O) groups is 2. The molecule has 0 bridgehead atoms. The minimum Gasteiger partial charge on any atom is -0.324 e. The molecule has 0 radical (unpaired) electrons. The van der Waals surface area contributed by atoms with Gasteiger partial charge in [0.2, 0.25) is 9.84 Å². The second-order valence-corrected chi connectivity index (χ2v) is 9.59. The molecule has 1 heterocycles. The molecule has 0 N–H and O–H groups in total. The van der Waals surface area contributed by atoms with Gasteiger partial charge in [0.25, 0.3) is 5.91 Å². The number of ketones is 1. The highest BCUT2D eigenvalue weighted by Gasteiger charge is 2.52. The van der Waals surface area contributed by atoms with Gasteiger partial charge in [0.15, 0.2) is 5.78 Å². The predicted octanol–water partition coefficient (Wildman–Crippen LogP) is 3.54. The Kier molecular flexibility index (Phi) is 4.67. The molecule has 2 aliphatic rings. The molecule has 146 valence electrons. The van der Waals surface area contributed by atoms with Crippen LogP contribution in [-0.2, 0) is 19.4 Å². The number of sulfone groups is 1. The summed E-state index contributed by atoms with van der Waals surface area (Å²) >= 11 is 3.30. The Hall–Kier alpha value is -2.77. The fourth-order valence-corrected chi connectivity index (χ4v) is 5.56. The molecule has 0 fully saturated rings. The van der Waals surface area contributed by atoms with Gasteiger partial charge in [0, 0.05) is 17.1 Å². The summed E-state index contributed by atoms with van der Waals surface area (Å²) in [6.45, 7) is 0. The fourth-order valence-electron chi connectivity index (χ4n) is 3.64. The lowest BCUT2D eigenvalue weighted by Gasteiger charge is -2.34. The quantitative estimate of drug-likeness (QED) is 0.688. The van der Waals surface area contributed by atoms with E-state index in [1.807, 2.05) is 6.07 Å². The SMILES string of the molecule is CN1C(=O)C(S(=O)(=O)c2ccc(Br)cc2)=C(c2ccccc2)C12C=CC(=O)C=C2. The summed E-state index contributed by atoms with van der Waals surface area (Å²) in [6.07, 6.45) is 5.89. The maximum absolute atomic E-state index is 13.5. The maximum Gasteiger partial charge on any atom is 0.267 e. The van der Waals surface area contributed by atoms with Crippen LogP contribution >= 0.6 is 15.9 Å². The number of allylic oxidation sites excluding steroid dienone is 2. The molecule has 1 aliphatic heterocycles. The van der Waals surface area contributed by atoms with E-state index in [1.54, 1.807) is 55.6 Å². The van der Waals surface area contributed by atoms with Gasteiger partial charge in [-0.1, -0.05) is 46.3 Å². The number of amides is 1. The third-order valence-electron chi connectivity index (χ3n) is 5.14. The summed E-state index contributed by atoms with van der Waals surface area (Å²) in [5, 5.41) is 0. The zero-order valence-electron chi connectivity index (χ0n) is 15.4. The molecule has 2 aromatic carbocycles. The van der Waals surface area contributed by atoms with Crippen molar-refractivity contribution in [3.63, 3.8) is 0 Å². The Morgan fingerprint density at radius 1 is 0.897 bits per heavy atom. The van der Waals surface area contributed by atoms with E-state index in [9.17, 15) is 18.0 Å². The molecule has 2 aromatic rings. The summed E-state index contributed by atoms with van der Waals surface area (Å²) in [5.74, 6) is -0.830. The molecule has 1 spiro atoms. The first-order valence-electron chi connectivity index (χ1n) is 8.79. The number of hydrogen-bond donors (Lipinski definition) is 0. The first-order chi connectivity index (χ1) is 13.8. The lowest BCUT2D eigenvalue weighted by Crippen LogP contribution is -2.43. The highest BCUT2D eigenvalue weighted by molar-refractivity contribution is 9.10. The van der Waals surface area contributed by atoms with Crippen molar-refractivity contribution in [3.05, 3.63) is 93.8 Å². The van der Waals surface area contributed by atoms with Gasteiger partial charge in [-0.3, -0.25) is 9.59 Å². The van der Waals surface area contributed by atoms with E-state index in [4.69, 9.17) is 0 Å². The summed E-state index contributed by atoms with van der Waals surface area (Å²) in [6, 6.07) is 15.1. The average molecular weight is 470 g/mol. The molecule has 5 nitrogen and oxygen atoms in total. The topological polar surface area (TPSA) is 71.5 Å². The molecule has 0 atom stereocenters. The van der Waals surface area contributed by atoms with Gasteiger partial charge in [0.1, 0.15) is 10.4 Å². The van der Waals surface area contributed by atoms with Crippen LogP contribution in [0.15, 0.2) is 93.2 Å². The van der Waals surface area contributed by atoms with Crippen LogP contribution in [0.2, 0.25) is 0 Å². The van der Waals surface area contributed by atoms with Crippen LogP contribution in [0, 0.1) is 0 Å². The number of benzene rings is 2. The van der Waals surface area contributed by atoms with Crippen molar-refractivity contribution in [3.8, 4) is 0 Å². The zero-order valence-corrected chi connectivity index (χ0v) is 17.8. The van der Waals surface area contributed by atoms with E-state index in [0.717, 1.165) is 4.47 Å². The van der Waals surface area contributed by atoms with Crippen LogP contribution in [0.1, 0.15) is 5.56 Å². The van der Waals surface area contributed by atoms with Crippen LogP contribution < -0.4 is 0 Å². The number of hydrogen-bond acceptors (Lipinski definition) is 4. The smallest absolute Gasteiger partial charge is 0.267 e. The number of carbonyl (C=O) groups excluding carboxylic acids is 2. The Morgan fingerprint density at radius 3 is 2.07 bits per heavy atom. The number of likely N-dealkylation sites (N-methyl/N-ethyl adjacent to an activating group) is 1. The largest absolute Gasteiger partial charge is 0.324 e. The number of halogens is 1. The first kappa shape index (κ1) is 19.5. The third kappa shape index (κ3) is 3.01. The first-order valence-corrected chi connectivity index (χ1v) is 11.1. The molecule has 0 unspecified atom stereocenters. The summed E-state index contributed by atoms with van der Waals surface area (Å²) in [5.41, 5.74) is -0.206. The minimum absolute atomic E-state index is 0.0303. The Morgan fingerprint density at radius 2 is 1.48 bits per heavy atom. The van der Waals surface area contributed by atoms with Crippen molar-refractivity contribution in [2.24, 2.45) is 0 Å². The van der Waals surface area contributed by atoms with E-state index in [0.29, 0.717) is 11.1 Å². The van der Waals surface area contributed by atoms with Gasteiger partial charge >= 0.3 is 0 Å². The molecule has 0 saturated heterocycles. The van der Waals surface area contributed by atoms with Crippen molar-refractivity contribution < 1.29 is 18.0 Å². The molecule has 0 aromatic heterocycles. The van der Waals surface area contributed by atoms with Crippen molar-refractivity contribution in [1.29, 1.82) is 0 Å². The van der Waals surface area contributed by atoms with Crippen LogP contribution in [0.3, 0.4) is 0 Å². The third-order valence-corrected chi connectivity index (χ3v) is 7.48. The van der Waals surface area contributed by atoms with E-state index in [-0.39, 0.29) is 15.6 Å². The molecule has 1 amide bonds. The van der Waals surface area contributed by atoms with E-state index >= 15 is 0 Å². The van der Waals surface area contributed by atoms with Crippen molar-refractivity contribution in [2.75, 3.05) is 7.05 Å². The predicted molar refractivity (Wildman–Crippen MR) is 113 cm³/mol. The highest BCUT2D eigenvalue weighted by Crippen LogP contribution is 2.47. The molecular weight excluding hydrogens is 454 g/mol. The monoisotopic (exact) mass is 469 g/mol. The fraction of sp³-hybridized carbons (Fsp3) is 0.0909. The van der Waals surface area contributed by atoms with Gasteiger partial charge in [-0.15, -0.1) is 0 Å². The van der Waals surface area contributed by atoms with Gasteiger partial charge in [-0.05, 0) is 54.1 Å². The standard InChI is InChI=1S/C22H16BrNO4S/c1-24-21(26)20(29(27,28)18-9-7-16(23)8-10-18)19(15-5-3-2-4-6-15)22(24)13-11-17(25)12-14-22/h2-14H,1H3. The lowest BCUT2D eigenvalue weighted by molar-refractivity contribution is -0.125. The lowest BCUT2D eigenvalue weighted by atomic mass is 9.83. The minimum atomic E-state index is -4.11. The van der Waals surface area contributed by atoms with Gasteiger partial charge in [0.05, 0.1) is 4.90 Å². The molecule has 4 rings (SSSR count). The average Bonchev–Trinajstić information content (AvgIpc) is 2.94. The summed E-state index contributed by atoms with van der Waals surface area (Å²) in [4.78, 5) is 26.1. The molecular formula is C22H16BrNO4S. The van der Waals surface area contributed by atoms with Crippen LogP contribution in [0.25, 0.3) is 5.57 Å². The Bertz CT molecular complexity index is 1190. The van der Waals surface area contributed by atoms with Gasteiger partial charge < -0.3 is 4.90 Å². The van der Waals surface area contributed by atoms with E-state index < -0.39 is 21.3 Å². The van der Waals surface area contributed by atoms with Gasteiger partial charge in [-0.2, -0.15) is 0 Å². The van der Waals surface area contributed by atoms with Crippen LogP contribution in [0.4, 0.5) is 0 Å². The van der Waals surface area contributed by atoms with Crippen LogP contribution in [-0.4, -0.2) is 37.6 Å². The Labute approximate surface area is 177 Å². The number of nitrogens with zero attached hydrogens (tertiary/aromatic N) is 1. The maximum atomic E-state index is 13.5. The second kappa shape index (κ2) is 6.93. The van der Waals surface area contributed by atoms with Gasteiger partial charge in [-0.25, -0.2) is 8.42 Å². The van der Waals surface area contributed by atoms with Crippen molar-refractivity contribution in [2.45, 2.75) is 10.4 Å². The van der Waals surface area contributed by atoms with Crippen LogP contribution in [0.5, 0.6) is 0 Å². The highest BCUT2D eigenvalue weighted by atomic mass is 79.9. The van der Waals surface area contributed by atoms with Crippen molar-refractivity contribution in [1.82, 2.24) is 4.90 Å². The number of rotatable bonds is 3. The Balaban J connectivity index is 2.06. The van der Waals surface area contributed by atoms with Crippen molar-refractivity contribution >= 4 is 43.0 Å². The normalized spacial score (nSPS) is 18.2. The van der Waals surface area contributed by atoms with E-state index in [1.165, 1.54) is 29.2 Å². The molecule has 1 aliphatic carbocycles. The van der Waals surface area contributed by atoms with E-state index in [2.05, 4.69) is 15.9 Å². The zero-order chi connectivity index (χ0) is 20.8. The second-order valence-electron chi connectivity index (χ2n) is 6.79.